The number of ether oxygens (including phenoxy) is 1. The van der Waals surface area contributed by atoms with Crippen molar-refractivity contribution in [3.63, 3.8) is 0 Å². The molecule has 8 heteroatoms. The second kappa shape index (κ2) is 5.97. The summed E-state index contributed by atoms with van der Waals surface area (Å²) in [6, 6.07) is 0. The van der Waals surface area contributed by atoms with Crippen molar-refractivity contribution >= 4 is 0 Å². The van der Waals surface area contributed by atoms with Crippen LogP contribution >= 0.6 is 0 Å². The van der Waals surface area contributed by atoms with Gasteiger partial charge in [-0.1, -0.05) is 12.1 Å². The van der Waals surface area contributed by atoms with Gasteiger partial charge in [0.25, 0.3) is 0 Å². The summed E-state index contributed by atoms with van der Waals surface area (Å²) >= 11 is 0. The summed E-state index contributed by atoms with van der Waals surface area (Å²) in [7, 11) is 0. The Labute approximate surface area is 96.1 Å². The van der Waals surface area contributed by atoms with Gasteiger partial charge in [-0.25, -0.2) is 0 Å². The highest BCUT2D eigenvalue weighted by molar-refractivity contribution is 4.86. The van der Waals surface area contributed by atoms with Crippen LogP contribution in [0.5, 0.6) is 0 Å². The molecule has 1 rings (SSSR count). The monoisotopic (exact) mass is 253 g/mol. The molecule has 0 aliphatic rings. The molecule has 98 valence electrons. The van der Waals surface area contributed by atoms with Crippen molar-refractivity contribution in [3.8, 4) is 0 Å². The summed E-state index contributed by atoms with van der Waals surface area (Å²) in [4.78, 5) is 3.89. The maximum Gasteiger partial charge on any atom is 0.411 e. The molecule has 0 spiro atoms. The zero-order valence-electron chi connectivity index (χ0n) is 9.33. The summed E-state index contributed by atoms with van der Waals surface area (Å²) in [6.07, 6.45) is -3.84. The molecule has 0 aliphatic heterocycles. The Morgan fingerprint density at radius 3 is 2.76 bits per heavy atom. The molecule has 0 radical (unpaired) electrons. The van der Waals surface area contributed by atoms with Gasteiger partial charge in [-0.05, 0) is 12.5 Å². The van der Waals surface area contributed by atoms with E-state index in [0.717, 1.165) is 0 Å². The summed E-state index contributed by atoms with van der Waals surface area (Å²) < 4.78 is 44.6. The Kier molecular flexibility index (Phi) is 4.88. The van der Waals surface area contributed by atoms with E-state index in [4.69, 9.17) is 10.3 Å². The lowest BCUT2D eigenvalue weighted by molar-refractivity contribution is -0.177. The first-order valence-corrected chi connectivity index (χ1v) is 5.06. The van der Waals surface area contributed by atoms with E-state index in [1.54, 1.807) is 0 Å². The molecule has 0 saturated carbocycles. The van der Waals surface area contributed by atoms with Crippen molar-refractivity contribution < 1.29 is 22.4 Å². The summed E-state index contributed by atoms with van der Waals surface area (Å²) in [5.74, 6) is 0.640. The fourth-order valence-corrected chi connectivity index (χ4v) is 1.07. The molecule has 2 N–H and O–H groups in total. The van der Waals surface area contributed by atoms with Gasteiger partial charge >= 0.3 is 6.18 Å². The molecule has 0 bridgehead atoms. The molecular weight excluding hydrogens is 239 g/mol. The van der Waals surface area contributed by atoms with Gasteiger partial charge in [0.1, 0.15) is 13.2 Å². The molecule has 0 amide bonds. The van der Waals surface area contributed by atoms with Gasteiger partial charge in [0.2, 0.25) is 5.89 Å². The van der Waals surface area contributed by atoms with Crippen LogP contribution in [-0.2, 0) is 17.8 Å². The third-order valence-corrected chi connectivity index (χ3v) is 1.93. The predicted molar refractivity (Wildman–Crippen MR) is 51.9 cm³/mol. The van der Waals surface area contributed by atoms with Crippen molar-refractivity contribution in [2.75, 3.05) is 13.2 Å². The van der Waals surface area contributed by atoms with Gasteiger partial charge < -0.3 is 15.0 Å². The Balaban J connectivity index is 2.36. The highest BCUT2D eigenvalue weighted by Gasteiger charge is 2.27. The number of hydrogen-bond donors (Lipinski definition) is 1. The topological polar surface area (TPSA) is 74.2 Å². The van der Waals surface area contributed by atoms with Crippen molar-refractivity contribution in [1.82, 2.24) is 10.1 Å². The fourth-order valence-electron chi connectivity index (χ4n) is 1.07. The van der Waals surface area contributed by atoms with E-state index in [2.05, 4.69) is 14.9 Å². The summed E-state index contributed by atoms with van der Waals surface area (Å²) in [5, 5.41) is 3.50. The van der Waals surface area contributed by atoms with Gasteiger partial charge in [0, 0.05) is 6.42 Å². The van der Waals surface area contributed by atoms with E-state index in [1.807, 2.05) is 6.92 Å². The van der Waals surface area contributed by atoms with Crippen LogP contribution in [0.4, 0.5) is 13.2 Å². The summed E-state index contributed by atoms with van der Waals surface area (Å²) in [5.41, 5.74) is 5.42. The molecule has 17 heavy (non-hydrogen) atoms. The number of halogens is 3. The Hall–Kier alpha value is -1.15. The smallest absolute Gasteiger partial charge is 0.364 e. The minimum atomic E-state index is -4.35. The van der Waals surface area contributed by atoms with E-state index >= 15 is 0 Å². The average Bonchev–Trinajstić information content (AvgIpc) is 2.63. The maximum atomic E-state index is 11.8. The zero-order valence-corrected chi connectivity index (χ0v) is 9.33. The molecule has 0 saturated heterocycles. The van der Waals surface area contributed by atoms with Gasteiger partial charge in [0.05, 0.1) is 0 Å². The van der Waals surface area contributed by atoms with E-state index in [-0.39, 0.29) is 18.3 Å². The van der Waals surface area contributed by atoms with Crippen molar-refractivity contribution in [2.45, 2.75) is 26.1 Å². The van der Waals surface area contributed by atoms with Gasteiger partial charge in [-0.2, -0.15) is 18.2 Å². The molecule has 1 heterocycles. The third-order valence-electron chi connectivity index (χ3n) is 1.93. The minimum Gasteiger partial charge on any atom is -0.364 e. The van der Waals surface area contributed by atoms with Crippen molar-refractivity contribution in [1.29, 1.82) is 0 Å². The lowest BCUT2D eigenvalue weighted by Gasteiger charge is -2.04. The van der Waals surface area contributed by atoms with E-state index in [0.29, 0.717) is 18.9 Å². The first kappa shape index (κ1) is 13.9. The number of nitrogens with two attached hydrogens (primary N) is 1. The predicted octanol–water partition coefficient (Wildman–Crippen LogP) is 1.29. The van der Waals surface area contributed by atoms with Crippen molar-refractivity contribution in [3.05, 3.63) is 11.7 Å². The lowest BCUT2D eigenvalue weighted by Crippen LogP contribution is -2.17. The molecule has 5 nitrogen and oxygen atoms in total. The van der Waals surface area contributed by atoms with Crippen LogP contribution in [0.2, 0.25) is 0 Å². The Bertz CT molecular complexity index is 340. The van der Waals surface area contributed by atoms with Gasteiger partial charge in [0.15, 0.2) is 5.82 Å². The molecule has 1 aromatic rings. The largest absolute Gasteiger partial charge is 0.411 e. The quantitative estimate of drug-likeness (QED) is 0.826. The van der Waals surface area contributed by atoms with E-state index in [1.165, 1.54) is 0 Å². The maximum absolute atomic E-state index is 11.8. The minimum absolute atomic E-state index is 0.105. The van der Waals surface area contributed by atoms with Crippen LogP contribution in [0.1, 0.15) is 18.6 Å². The normalized spacial score (nSPS) is 13.9. The number of hydrogen-bond acceptors (Lipinski definition) is 5. The zero-order chi connectivity index (χ0) is 12.9. The molecule has 0 fully saturated rings. The molecule has 1 atom stereocenters. The first-order valence-electron chi connectivity index (χ1n) is 5.06. The van der Waals surface area contributed by atoms with E-state index < -0.39 is 12.8 Å². The van der Waals surface area contributed by atoms with Crippen LogP contribution in [0, 0.1) is 5.92 Å². The second-order valence-electron chi connectivity index (χ2n) is 3.76. The molecule has 0 aliphatic carbocycles. The standard InChI is InChI=1S/C9H14F3N3O2/c1-6(3-13)2-8-14-7(15-17-8)4-16-5-9(10,11)12/h6H,2-5,13H2,1H3. The highest BCUT2D eigenvalue weighted by Crippen LogP contribution is 2.15. The van der Waals surface area contributed by atoms with Crippen LogP contribution in [0.15, 0.2) is 4.52 Å². The number of nitrogens with zero attached hydrogens (tertiary/aromatic N) is 2. The second-order valence-corrected chi connectivity index (χ2v) is 3.76. The molecule has 1 aromatic heterocycles. The Morgan fingerprint density at radius 1 is 1.47 bits per heavy atom. The Morgan fingerprint density at radius 2 is 2.18 bits per heavy atom. The van der Waals surface area contributed by atoms with Crippen LogP contribution in [-0.4, -0.2) is 29.5 Å². The van der Waals surface area contributed by atoms with Crippen molar-refractivity contribution in [2.24, 2.45) is 11.7 Å². The third kappa shape index (κ3) is 5.64. The highest BCUT2D eigenvalue weighted by atomic mass is 19.4. The number of alkyl halides is 3. The average molecular weight is 253 g/mol. The van der Waals surface area contributed by atoms with Crippen LogP contribution < -0.4 is 5.73 Å². The molecule has 0 aromatic carbocycles. The van der Waals surface area contributed by atoms with E-state index in [9.17, 15) is 13.2 Å². The van der Waals surface area contributed by atoms with Gasteiger partial charge in [-0.3, -0.25) is 0 Å². The van der Waals surface area contributed by atoms with Gasteiger partial charge in [-0.15, -0.1) is 0 Å². The lowest BCUT2D eigenvalue weighted by atomic mass is 10.1. The SMILES string of the molecule is CC(CN)Cc1nc(COCC(F)(F)F)no1. The van der Waals surface area contributed by atoms with Crippen LogP contribution in [0.3, 0.4) is 0 Å². The number of rotatable bonds is 6. The fraction of sp³-hybridized carbons (Fsp3) is 0.778. The van der Waals surface area contributed by atoms with Crippen LogP contribution in [0.25, 0.3) is 0 Å². The molecule has 1 unspecified atom stereocenters. The molecular formula is C9H14F3N3O2. The number of aromatic nitrogens is 2. The summed E-state index contributed by atoms with van der Waals surface area (Å²) in [6.45, 7) is 0.738. The first-order chi connectivity index (χ1) is 7.90.